The van der Waals surface area contributed by atoms with Crippen LogP contribution in [-0.4, -0.2) is 12.0 Å². The lowest BCUT2D eigenvalue weighted by atomic mass is 10.1. The van der Waals surface area contributed by atoms with Gasteiger partial charge in [0.25, 0.3) is 0 Å². The minimum Gasteiger partial charge on any atom is -0.365 e. The molecule has 0 spiro atoms. The van der Waals surface area contributed by atoms with Gasteiger partial charge in [0.2, 0.25) is 0 Å². The number of nitrogens with zero attached hydrogens (tertiary/aromatic N) is 1. The fourth-order valence-corrected chi connectivity index (χ4v) is 2.46. The first-order chi connectivity index (χ1) is 7.74. The molecule has 0 amide bonds. The first kappa shape index (κ1) is 11.1. The standard InChI is InChI=1S/C13H16N2S/c1-4-10-5-7-11(8-6-10)12-9(2)16-13(14-3)15-12/h5-8H,4H2,1-3H3,(H,14,15). The van der Waals surface area contributed by atoms with Crippen LogP contribution >= 0.6 is 11.3 Å². The summed E-state index contributed by atoms with van der Waals surface area (Å²) >= 11 is 1.70. The SMILES string of the molecule is CCc1ccc(-c2nc(NC)sc2C)cc1. The molecular formula is C13H16N2S. The summed E-state index contributed by atoms with van der Waals surface area (Å²) in [6.07, 6.45) is 1.08. The topological polar surface area (TPSA) is 24.9 Å². The molecule has 16 heavy (non-hydrogen) atoms. The molecule has 0 aliphatic carbocycles. The Balaban J connectivity index is 2.38. The largest absolute Gasteiger partial charge is 0.365 e. The van der Waals surface area contributed by atoms with Gasteiger partial charge in [-0.05, 0) is 18.9 Å². The molecule has 0 unspecified atom stereocenters. The second-order valence-corrected chi connectivity index (χ2v) is 4.93. The molecule has 1 aromatic carbocycles. The van der Waals surface area contributed by atoms with Gasteiger partial charge in [0.1, 0.15) is 0 Å². The fourth-order valence-electron chi connectivity index (χ4n) is 1.67. The van der Waals surface area contributed by atoms with E-state index in [1.165, 1.54) is 16.0 Å². The van der Waals surface area contributed by atoms with Gasteiger partial charge in [0.05, 0.1) is 5.69 Å². The summed E-state index contributed by atoms with van der Waals surface area (Å²) < 4.78 is 0. The van der Waals surface area contributed by atoms with Crippen LogP contribution in [0.15, 0.2) is 24.3 Å². The quantitative estimate of drug-likeness (QED) is 0.872. The molecule has 2 aromatic rings. The van der Waals surface area contributed by atoms with Crippen molar-refractivity contribution in [2.75, 3.05) is 12.4 Å². The number of aryl methyl sites for hydroxylation is 2. The predicted octanol–water partition coefficient (Wildman–Crippen LogP) is 3.72. The van der Waals surface area contributed by atoms with Crippen LogP contribution in [0.2, 0.25) is 0 Å². The maximum atomic E-state index is 4.56. The van der Waals surface area contributed by atoms with Crippen LogP contribution in [-0.2, 0) is 6.42 Å². The van der Waals surface area contributed by atoms with Crippen molar-refractivity contribution in [3.8, 4) is 11.3 Å². The molecule has 3 heteroatoms. The summed E-state index contributed by atoms with van der Waals surface area (Å²) in [5.74, 6) is 0. The molecule has 1 N–H and O–H groups in total. The number of thiazole rings is 1. The number of nitrogens with one attached hydrogen (secondary N) is 1. The average molecular weight is 232 g/mol. The van der Waals surface area contributed by atoms with E-state index in [9.17, 15) is 0 Å². The molecule has 0 bridgehead atoms. The van der Waals surface area contributed by atoms with E-state index in [4.69, 9.17) is 0 Å². The van der Waals surface area contributed by atoms with Crippen molar-refractivity contribution in [1.82, 2.24) is 4.98 Å². The van der Waals surface area contributed by atoms with Gasteiger partial charge in [-0.25, -0.2) is 4.98 Å². The molecule has 2 rings (SSSR count). The zero-order valence-corrected chi connectivity index (χ0v) is 10.7. The van der Waals surface area contributed by atoms with Gasteiger partial charge in [-0.2, -0.15) is 0 Å². The van der Waals surface area contributed by atoms with E-state index in [1.54, 1.807) is 11.3 Å². The number of aromatic nitrogens is 1. The van der Waals surface area contributed by atoms with Gasteiger partial charge < -0.3 is 5.32 Å². The van der Waals surface area contributed by atoms with Crippen molar-refractivity contribution in [1.29, 1.82) is 0 Å². The Morgan fingerprint density at radius 3 is 2.44 bits per heavy atom. The Bertz CT molecular complexity index is 471. The van der Waals surface area contributed by atoms with Gasteiger partial charge in [0.15, 0.2) is 5.13 Å². The molecule has 0 radical (unpaired) electrons. The maximum absolute atomic E-state index is 4.56. The summed E-state index contributed by atoms with van der Waals surface area (Å²) in [6, 6.07) is 8.65. The van der Waals surface area contributed by atoms with Crippen molar-refractivity contribution in [2.24, 2.45) is 0 Å². The zero-order chi connectivity index (χ0) is 11.5. The Morgan fingerprint density at radius 1 is 1.25 bits per heavy atom. The lowest BCUT2D eigenvalue weighted by Crippen LogP contribution is -1.87. The van der Waals surface area contributed by atoms with E-state index in [0.29, 0.717) is 0 Å². The number of hydrogen-bond acceptors (Lipinski definition) is 3. The first-order valence-corrected chi connectivity index (χ1v) is 6.30. The second kappa shape index (κ2) is 4.66. The third-order valence-corrected chi connectivity index (χ3v) is 3.63. The average Bonchev–Trinajstić information content (AvgIpc) is 2.71. The van der Waals surface area contributed by atoms with Crippen LogP contribution in [0.1, 0.15) is 17.4 Å². The zero-order valence-electron chi connectivity index (χ0n) is 9.87. The van der Waals surface area contributed by atoms with Crippen molar-refractivity contribution >= 4 is 16.5 Å². The molecule has 0 atom stereocenters. The molecule has 0 saturated heterocycles. The molecular weight excluding hydrogens is 216 g/mol. The Morgan fingerprint density at radius 2 is 1.94 bits per heavy atom. The number of benzene rings is 1. The second-order valence-electron chi connectivity index (χ2n) is 3.72. The summed E-state index contributed by atoms with van der Waals surface area (Å²) in [7, 11) is 1.90. The highest BCUT2D eigenvalue weighted by molar-refractivity contribution is 7.15. The molecule has 84 valence electrons. The monoisotopic (exact) mass is 232 g/mol. The molecule has 0 aliphatic rings. The van der Waals surface area contributed by atoms with Crippen molar-refractivity contribution in [3.63, 3.8) is 0 Å². The summed E-state index contributed by atoms with van der Waals surface area (Å²) in [6.45, 7) is 4.28. The van der Waals surface area contributed by atoms with E-state index in [2.05, 4.69) is 48.4 Å². The molecule has 2 nitrogen and oxygen atoms in total. The Labute approximate surface area is 100 Å². The molecule has 0 saturated carbocycles. The highest BCUT2D eigenvalue weighted by Gasteiger charge is 2.08. The molecule has 1 heterocycles. The van der Waals surface area contributed by atoms with Crippen LogP contribution in [0.3, 0.4) is 0 Å². The van der Waals surface area contributed by atoms with E-state index < -0.39 is 0 Å². The number of rotatable bonds is 3. The van der Waals surface area contributed by atoms with Crippen molar-refractivity contribution in [2.45, 2.75) is 20.3 Å². The van der Waals surface area contributed by atoms with Crippen molar-refractivity contribution < 1.29 is 0 Å². The lowest BCUT2D eigenvalue weighted by molar-refractivity contribution is 1.14. The van der Waals surface area contributed by atoms with Gasteiger partial charge in [-0.3, -0.25) is 0 Å². The maximum Gasteiger partial charge on any atom is 0.183 e. The third kappa shape index (κ3) is 2.09. The number of hydrogen-bond donors (Lipinski definition) is 1. The highest BCUT2D eigenvalue weighted by atomic mass is 32.1. The summed E-state index contributed by atoms with van der Waals surface area (Å²) in [5.41, 5.74) is 3.66. The van der Waals surface area contributed by atoms with E-state index in [-0.39, 0.29) is 0 Å². The lowest BCUT2D eigenvalue weighted by Gasteiger charge is -2.00. The normalized spacial score (nSPS) is 10.4. The smallest absolute Gasteiger partial charge is 0.183 e. The van der Waals surface area contributed by atoms with E-state index in [0.717, 1.165) is 17.2 Å². The fraction of sp³-hybridized carbons (Fsp3) is 0.308. The Kier molecular flexibility index (Phi) is 3.25. The van der Waals surface area contributed by atoms with Crippen LogP contribution < -0.4 is 5.32 Å². The van der Waals surface area contributed by atoms with Crippen LogP contribution in [0, 0.1) is 6.92 Å². The Hall–Kier alpha value is -1.35. The van der Waals surface area contributed by atoms with E-state index in [1.807, 2.05) is 7.05 Å². The summed E-state index contributed by atoms with van der Waals surface area (Å²) in [5, 5.41) is 4.07. The first-order valence-electron chi connectivity index (χ1n) is 5.49. The van der Waals surface area contributed by atoms with Crippen molar-refractivity contribution in [3.05, 3.63) is 34.7 Å². The van der Waals surface area contributed by atoms with Crippen LogP contribution in [0.5, 0.6) is 0 Å². The van der Waals surface area contributed by atoms with Crippen LogP contribution in [0.4, 0.5) is 5.13 Å². The molecule has 0 aliphatic heterocycles. The predicted molar refractivity (Wildman–Crippen MR) is 71.2 cm³/mol. The minimum absolute atomic E-state index is 0.979. The number of anilines is 1. The third-order valence-electron chi connectivity index (χ3n) is 2.65. The van der Waals surface area contributed by atoms with Gasteiger partial charge >= 0.3 is 0 Å². The van der Waals surface area contributed by atoms with Gasteiger partial charge in [-0.1, -0.05) is 31.2 Å². The molecule has 1 aromatic heterocycles. The molecule has 0 fully saturated rings. The van der Waals surface area contributed by atoms with Gasteiger partial charge in [0, 0.05) is 17.5 Å². The van der Waals surface area contributed by atoms with Gasteiger partial charge in [-0.15, -0.1) is 11.3 Å². The highest BCUT2D eigenvalue weighted by Crippen LogP contribution is 2.30. The van der Waals surface area contributed by atoms with Crippen LogP contribution in [0.25, 0.3) is 11.3 Å². The van der Waals surface area contributed by atoms with E-state index >= 15 is 0 Å². The minimum atomic E-state index is 0.979. The summed E-state index contributed by atoms with van der Waals surface area (Å²) in [4.78, 5) is 5.82.